The summed E-state index contributed by atoms with van der Waals surface area (Å²) in [4.78, 5) is 31.9. The highest BCUT2D eigenvalue weighted by Crippen LogP contribution is 2.26. The lowest BCUT2D eigenvalue weighted by Gasteiger charge is -2.23. The number of anilines is 1. The number of nitrogens with one attached hydrogen (secondary N) is 1. The highest BCUT2D eigenvalue weighted by atomic mass is 16.5. The molecule has 23 heavy (non-hydrogen) atoms. The summed E-state index contributed by atoms with van der Waals surface area (Å²) in [5.41, 5.74) is 0.526. The van der Waals surface area contributed by atoms with Gasteiger partial charge in [0.1, 0.15) is 0 Å². The second kappa shape index (κ2) is 6.44. The molecule has 3 rings (SSSR count). The Morgan fingerprint density at radius 3 is 3.09 bits per heavy atom. The number of rotatable bonds is 2. The Hall–Kier alpha value is -2.31. The summed E-state index contributed by atoms with van der Waals surface area (Å²) in [6, 6.07) is 1.84. The number of hydrogen-bond acceptors (Lipinski definition) is 5. The molecule has 124 valence electrons. The van der Waals surface area contributed by atoms with Crippen LogP contribution in [0.1, 0.15) is 30.1 Å². The Morgan fingerprint density at radius 2 is 2.30 bits per heavy atom. The van der Waals surface area contributed by atoms with Gasteiger partial charge in [0.15, 0.2) is 11.6 Å². The molecular weight excluding hydrogens is 296 g/mol. The van der Waals surface area contributed by atoms with E-state index in [9.17, 15) is 9.59 Å². The van der Waals surface area contributed by atoms with Gasteiger partial charge in [-0.1, -0.05) is 0 Å². The zero-order chi connectivity index (χ0) is 16.4. The molecule has 7 nitrogen and oxygen atoms in total. The van der Waals surface area contributed by atoms with Crippen LogP contribution in [0.4, 0.5) is 5.82 Å². The van der Waals surface area contributed by atoms with Crippen LogP contribution in [0, 0.1) is 0 Å². The average molecular weight is 318 g/mol. The first kappa shape index (κ1) is 15.6. The lowest BCUT2D eigenvalue weighted by atomic mass is 10.2. The van der Waals surface area contributed by atoms with Crippen LogP contribution < -0.4 is 10.1 Å². The fraction of sp³-hybridized carbons (Fsp3) is 0.562. The molecule has 1 N–H and O–H groups in total. The van der Waals surface area contributed by atoms with Crippen molar-refractivity contribution in [1.29, 1.82) is 0 Å². The summed E-state index contributed by atoms with van der Waals surface area (Å²) >= 11 is 0. The summed E-state index contributed by atoms with van der Waals surface area (Å²) in [6.45, 7) is 4.20. The van der Waals surface area contributed by atoms with Gasteiger partial charge in [-0.2, -0.15) is 0 Å². The van der Waals surface area contributed by atoms with Crippen molar-refractivity contribution in [3.63, 3.8) is 0 Å². The molecule has 0 radical (unpaired) electrons. The Balaban J connectivity index is 1.71. The van der Waals surface area contributed by atoms with Gasteiger partial charge in [0.2, 0.25) is 5.91 Å². The molecule has 0 bridgehead atoms. The van der Waals surface area contributed by atoms with Gasteiger partial charge in [0.25, 0.3) is 5.91 Å². The maximum Gasteiger partial charge on any atom is 0.255 e. The number of nitrogens with zero attached hydrogens (tertiary/aromatic N) is 3. The Kier molecular flexibility index (Phi) is 4.36. The van der Waals surface area contributed by atoms with Gasteiger partial charge in [0, 0.05) is 39.8 Å². The molecule has 3 heterocycles. The largest absolute Gasteiger partial charge is 0.490 e. The minimum absolute atomic E-state index is 0.0236. The number of amides is 2. The quantitative estimate of drug-likeness (QED) is 0.879. The number of likely N-dealkylation sites (N-methyl/N-ethyl adjacent to an activating group) is 1. The predicted octanol–water partition coefficient (Wildman–Crippen LogP) is 0.969. The van der Waals surface area contributed by atoms with Crippen LogP contribution in [0.5, 0.6) is 5.75 Å². The number of aromatic nitrogens is 1. The number of fused-ring (bicyclic) bond motifs is 1. The Bertz CT molecular complexity index is 619. The van der Waals surface area contributed by atoms with Crippen molar-refractivity contribution in [3.05, 3.63) is 17.8 Å². The first-order valence-electron chi connectivity index (χ1n) is 7.95. The molecule has 1 atom stereocenters. The molecule has 0 aromatic carbocycles. The van der Waals surface area contributed by atoms with Crippen LogP contribution in [0.3, 0.4) is 0 Å². The zero-order valence-electron chi connectivity index (χ0n) is 13.5. The van der Waals surface area contributed by atoms with Crippen molar-refractivity contribution < 1.29 is 14.3 Å². The van der Waals surface area contributed by atoms with Crippen LogP contribution in [0.2, 0.25) is 0 Å². The van der Waals surface area contributed by atoms with Crippen LogP contribution in [0.25, 0.3) is 0 Å². The van der Waals surface area contributed by atoms with Crippen LogP contribution >= 0.6 is 0 Å². The predicted molar refractivity (Wildman–Crippen MR) is 85.6 cm³/mol. The Labute approximate surface area is 135 Å². The third kappa shape index (κ3) is 3.23. The molecule has 2 amide bonds. The number of ether oxygens (including phenoxy) is 1. The monoisotopic (exact) mass is 318 g/mol. The third-order valence-electron chi connectivity index (χ3n) is 4.47. The van der Waals surface area contributed by atoms with E-state index in [1.165, 1.54) is 0 Å². The molecule has 0 unspecified atom stereocenters. The van der Waals surface area contributed by atoms with Gasteiger partial charge in [0.05, 0.1) is 18.2 Å². The van der Waals surface area contributed by atoms with E-state index >= 15 is 0 Å². The van der Waals surface area contributed by atoms with Gasteiger partial charge < -0.3 is 19.9 Å². The molecule has 0 spiro atoms. The van der Waals surface area contributed by atoms with Gasteiger partial charge in [-0.3, -0.25) is 9.59 Å². The number of hydrogen-bond donors (Lipinski definition) is 1. The van der Waals surface area contributed by atoms with E-state index in [0.717, 1.165) is 19.4 Å². The number of pyridine rings is 1. The lowest BCUT2D eigenvalue weighted by Crippen LogP contribution is -2.38. The molecule has 1 aromatic heterocycles. The standard InChI is InChI=1S/C16H22N4O3/c1-11(21)19(2)13-4-6-20(10-13)16(22)12-8-14-15(18-9-12)17-5-3-7-23-14/h8-9,13H,3-7,10H2,1-2H3,(H,17,18)/t13-/m0/s1. The maximum atomic E-state index is 12.7. The summed E-state index contributed by atoms with van der Waals surface area (Å²) in [5.74, 6) is 1.28. The number of carbonyl (C=O) groups excluding carboxylic acids is 2. The van der Waals surface area contributed by atoms with Crippen LogP contribution in [-0.4, -0.2) is 65.9 Å². The summed E-state index contributed by atoms with van der Waals surface area (Å²) in [6.07, 6.45) is 3.30. The van der Waals surface area contributed by atoms with E-state index in [1.54, 1.807) is 36.0 Å². The molecule has 0 aliphatic carbocycles. The number of likely N-dealkylation sites (tertiary alicyclic amines) is 1. The van der Waals surface area contributed by atoms with Gasteiger partial charge in [-0.05, 0) is 18.9 Å². The molecule has 2 aliphatic heterocycles. The van der Waals surface area contributed by atoms with Crippen molar-refractivity contribution in [2.45, 2.75) is 25.8 Å². The van der Waals surface area contributed by atoms with Crippen molar-refractivity contribution in [2.75, 3.05) is 38.6 Å². The first-order chi connectivity index (χ1) is 11.1. The fourth-order valence-corrected chi connectivity index (χ4v) is 2.95. The highest BCUT2D eigenvalue weighted by Gasteiger charge is 2.31. The van der Waals surface area contributed by atoms with Crippen molar-refractivity contribution in [3.8, 4) is 5.75 Å². The molecule has 2 aliphatic rings. The van der Waals surface area contributed by atoms with Gasteiger partial charge in [-0.25, -0.2) is 4.98 Å². The van der Waals surface area contributed by atoms with Crippen LogP contribution in [-0.2, 0) is 4.79 Å². The van der Waals surface area contributed by atoms with Crippen molar-refractivity contribution in [1.82, 2.24) is 14.8 Å². The van der Waals surface area contributed by atoms with E-state index in [4.69, 9.17) is 4.74 Å². The van der Waals surface area contributed by atoms with Crippen LogP contribution in [0.15, 0.2) is 12.3 Å². The SMILES string of the molecule is CC(=O)N(C)[C@H]1CCN(C(=O)c2cnc3c(c2)OCCCN3)C1. The molecule has 1 aromatic rings. The molecule has 0 saturated carbocycles. The van der Waals surface area contributed by atoms with E-state index in [0.29, 0.717) is 36.8 Å². The van der Waals surface area contributed by atoms with E-state index < -0.39 is 0 Å². The zero-order valence-corrected chi connectivity index (χ0v) is 13.5. The van der Waals surface area contributed by atoms with Crippen molar-refractivity contribution in [2.24, 2.45) is 0 Å². The van der Waals surface area contributed by atoms with Crippen molar-refractivity contribution >= 4 is 17.6 Å². The second-order valence-corrected chi connectivity index (χ2v) is 6.02. The second-order valence-electron chi connectivity index (χ2n) is 6.02. The highest BCUT2D eigenvalue weighted by molar-refractivity contribution is 5.95. The normalized spacial score (nSPS) is 20.1. The number of carbonyl (C=O) groups is 2. The maximum absolute atomic E-state index is 12.7. The van der Waals surface area contributed by atoms with E-state index in [2.05, 4.69) is 10.3 Å². The van der Waals surface area contributed by atoms with Gasteiger partial charge >= 0.3 is 0 Å². The topological polar surface area (TPSA) is 74.8 Å². The first-order valence-corrected chi connectivity index (χ1v) is 7.95. The minimum Gasteiger partial charge on any atom is -0.490 e. The lowest BCUT2D eigenvalue weighted by molar-refractivity contribution is -0.129. The molecular formula is C16H22N4O3. The third-order valence-corrected chi connectivity index (χ3v) is 4.47. The summed E-state index contributed by atoms with van der Waals surface area (Å²) in [7, 11) is 1.78. The average Bonchev–Trinajstić information content (AvgIpc) is 2.92. The Morgan fingerprint density at radius 1 is 1.48 bits per heavy atom. The molecule has 7 heteroatoms. The summed E-state index contributed by atoms with van der Waals surface area (Å²) < 4.78 is 5.64. The summed E-state index contributed by atoms with van der Waals surface area (Å²) in [5, 5.41) is 3.19. The minimum atomic E-state index is -0.0624. The fourth-order valence-electron chi connectivity index (χ4n) is 2.95. The smallest absolute Gasteiger partial charge is 0.255 e. The van der Waals surface area contributed by atoms with E-state index in [-0.39, 0.29) is 17.9 Å². The van der Waals surface area contributed by atoms with Gasteiger partial charge in [-0.15, -0.1) is 0 Å². The molecule has 1 fully saturated rings. The molecule has 1 saturated heterocycles. The van der Waals surface area contributed by atoms with E-state index in [1.807, 2.05) is 0 Å².